The number of amides is 3. The van der Waals surface area contributed by atoms with Gasteiger partial charge in [0, 0.05) is 19.5 Å². The van der Waals surface area contributed by atoms with Crippen LogP contribution in [0.5, 0.6) is 0 Å². The van der Waals surface area contributed by atoms with Gasteiger partial charge in [-0.05, 0) is 23.6 Å². The first-order valence-corrected chi connectivity index (χ1v) is 8.59. The number of para-hydroxylation sites is 1. The zero-order chi connectivity index (χ0) is 18.1. The van der Waals surface area contributed by atoms with Crippen LogP contribution in [0.25, 0.3) is 0 Å². The zero-order valence-corrected chi connectivity index (χ0v) is 14.4. The summed E-state index contributed by atoms with van der Waals surface area (Å²) < 4.78 is 0. The predicted molar refractivity (Wildman–Crippen MR) is 98.9 cm³/mol. The van der Waals surface area contributed by atoms with E-state index in [2.05, 4.69) is 22.5 Å². The molecule has 3 N–H and O–H groups in total. The fraction of sp³-hybridized carbons (Fsp3) is 0.167. The van der Waals surface area contributed by atoms with Crippen molar-refractivity contribution in [3.63, 3.8) is 0 Å². The van der Waals surface area contributed by atoms with Crippen LogP contribution >= 0.6 is 11.3 Å². The van der Waals surface area contributed by atoms with Crippen molar-refractivity contribution in [3.05, 3.63) is 64.9 Å². The average Bonchev–Trinajstić information content (AvgIpc) is 3.14. The molecule has 1 heterocycles. The summed E-state index contributed by atoms with van der Waals surface area (Å²) in [5.74, 6) is -0.774. The second-order valence-electron chi connectivity index (χ2n) is 5.08. The molecule has 1 aromatic carbocycles. The minimum absolute atomic E-state index is 0.111. The molecule has 25 heavy (non-hydrogen) atoms. The van der Waals surface area contributed by atoms with Crippen LogP contribution < -0.4 is 16.0 Å². The van der Waals surface area contributed by atoms with Crippen molar-refractivity contribution in [1.82, 2.24) is 10.6 Å². The molecule has 0 saturated carbocycles. The Labute approximate surface area is 149 Å². The highest BCUT2D eigenvalue weighted by atomic mass is 32.1. The number of anilines is 1. The number of hydrogen-bond acceptors (Lipinski definition) is 4. The third-order valence-corrected chi connectivity index (χ3v) is 4.10. The normalized spacial score (nSPS) is 9.92. The summed E-state index contributed by atoms with van der Waals surface area (Å²) in [6.45, 7) is 4.10. The van der Waals surface area contributed by atoms with Crippen molar-refractivity contribution in [1.29, 1.82) is 0 Å². The zero-order valence-electron chi connectivity index (χ0n) is 13.6. The van der Waals surface area contributed by atoms with Crippen LogP contribution in [0.3, 0.4) is 0 Å². The van der Waals surface area contributed by atoms with Crippen LogP contribution in [0.2, 0.25) is 0 Å². The molecule has 2 rings (SSSR count). The molecule has 6 nitrogen and oxygen atoms in total. The van der Waals surface area contributed by atoms with Crippen LogP contribution in [0.4, 0.5) is 5.69 Å². The SMILES string of the molecule is C=CCNC(=O)c1ccccc1NC(=O)CCNC(=O)c1cccs1. The van der Waals surface area contributed by atoms with Gasteiger partial charge in [0.25, 0.3) is 11.8 Å². The molecule has 2 aromatic rings. The summed E-state index contributed by atoms with van der Waals surface area (Å²) in [5.41, 5.74) is 0.805. The number of hydrogen-bond donors (Lipinski definition) is 3. The lowest BCUT2D eigenvalue weighted by atomic mass is 10.1. The van der Waals surface area contributed by atoms with E-state index in [0.29, 0.717) is 22.7 Å². The molecule has 3 amide bonds. The minimum atomic E-state index is -0.290. The van der Waals surface area contributed by atoms with E-state index in [1.54, 1.807) is 42.5 Å². The van der Waals surface area contributed by atoms with Crippen molar-refractivity contribution in [2.45, 2.75) is 6.42 Å². The van der Waals surface area contributed by atoms with Gasteiger partial charge in [0.1, 0.15) is 0 Å². The summed E-state index contributed by atoms with van der Waals surface area (Å²) in [6, 6.07) is 10.3. The van der Waals surface area contributed by atoms with Gasteiger partial charge >= 0.3 is 0 Å². The van der Waals surface area contributed by atoms with Crippen molar-refractivity contribution in [3.8, 4) is 0 Å². The highest BCUT2D eigenvalue weighted by Gasteiger charge is 2.13. The molecule has 0 unspecified atom stereocenters. The number of carbonyl (C=O) groups is 3. The van der Waals surface area contributed by atoms with E-state index in [4.69, 9.17) is 0 Å². The van der Waals surface area contributed by atoms with Crippen LogP contribution in [0, 0.1) is 0 Å². The first-order chi connectivity index (χ1) is 12.1. The molecule has 0 aliphatic rings. The fourth-order valence-electron chi connectivity index (χ4n) is 2.05. The van der Waals surface area contributed by atoms with Crippen molar-refractivity contribution >= 4 is 34.7 Å². The van der Waals surface area contributed by atoms with E-state index in [0.717, 1.165) is 0 Å². The molecular formula is C18H19N3O3S. The number of carbonyl (C=O) groups excluding carboxylic acids is 3. The largest absolute Gasteiger partial charge is 0.351 e. The fourth-order valence-corrected chi connectivity index (χ4v) is 2.69. The van der Waals surface area contributed by atoms with Crippen molar-refractivity contribution in [2.24, 2.45) is 0 Å². The maximum absolute atomic E-state index is 12.1. The monoisotopic (exact) mass is 357 g/mol. The minimum Gasteiger partial charge on any atom is -0.351 e. The van der Waals surface area contributed by atoms with E-state index in [-0.39, 0.29) is 30.7 Å². The Hall–Kier alpha value is -2.93. The summed E-state index contributed by atoms with van der Waals surface area (Å²) in [4.78, 5) is 36.5. The van der Waals surface area contributed by atoms with Gasteiger partial charge in [-0.25, -0.2) is 0 Å². The molecule has 0 atom stereocenters. The molecule has 0 aliphatic carbocycles. The highest BCUT2D eigenvalue weighted by molar-refractivity contribution is 7.12. The summed E-state index contributed by atoms with van der Waals surface area (Å²) in [6.07, 6.45) is 1.69. The second kappa shape index (κ2) is 9.39. The lowest BCUT2D eigenvalue weighted by molar-refractivity contribution is -0.116. The van der Waals surface area contributed by atoms with E-state index < -0.39 is 0 Å². The molecule has 0 fully saturated rings. The number of thiophene rings is 1. The molecule has 7 heteroatoms. The third kappa shape index (κ3) is 5.58. The molecule has 0 saturated heterocycles. The van der Waals surface area contributed by atoms with Gasteiger partial charge in [0.05, 0.1) is 16.1 Å². The molecule has 0 radical (unpaired) electrons. The van der Waals surface area contributed by atoms with Crippen LogP contribution in [0.1, 0.15) is 26.5 Å². The predicted octanol–water partition coefficient (Wildman–Crippen LogP) is 2.42. The van der Waals surface area contributed by atoms with Gasteiger partial charge in [-0.1, -0.05) is 24.3 Å². The molecular weight excluding hydrogens is 338 g/mol. The first-order valence-electron chi connectivity index (χ1n) is 7.71. The topological polar surface area (TPSA) is 87.3 Å². The summed E-state index contributed by atoms with van der Waals surface area (Å²) in [5, 5.41) is 9.88. The van der Waals surface area contributed by atoms with E-state index >= 15 is 0 Å². The quantitative estimate of drug-likeness (QED) is 0.634. The van der Waals surface area contributed by atoms with Gasteiger partial charge in [-0.15, -0.1) is 17.9 Å². The van der Waals surface area contributed by atoms with Gasteiger partial charge in [-0.3, -0.25) is 14.4 Å². The molecule has 1 aromatic heterocycles. The maximum Gasteiger partial charge on any atom is 0.261 e. The molecule has 0 spiro atoms. The van der Waals surface area contributed by atoms with Crippen molar-refractivity contribution < 1.29 is 14.4 Å². The Kier molecular flexibility index (Phi) is 6.91. The maximum atomic E-state index is 12.1. The van der Waals surface area contributed by atoms with Gasteiger partial charge in [-0.2, -0.15) is 0 Å². The molecule has 0 bridgehead atoms. The number of rotatable bonds is 8. The Morgan fingerprint density at radius 3 is 2.56 bits per heavy atom. The molecule has 0 aliphatic heterocycles. The highest BCUT2D eigenvalue weighted by Crippen LogP contribution is 2.15. The van der Waals surface area contributed by atoms with Crippen LogP contribution in [-0.4, -0.2) is 30.8 Å². The standard InChI is InChI=1S/C18H19N3O3S/c1-2-10-19-17(23)13-6-3-4-7-14(13)21-16(22)9-11-20-18(24)15-8-5-12-25-15/h2-8,12H,1,9-11H2,(H,19,23)(H,20,24)(H,21,22). The summed E-state index contributed by atoms with van der Waals surface area (Å²) in [7, 11) is 0. The lowest BCUT2D eigenvalue weighted by Crippen LogP contribution is -2.28. The Morgan fingerprint density at radius 2 is 1.84 bits per heavy atom. The summed E-state index contributed by atoms with van der Waals surface area (Å²) >= 11 is 1.34. The number of benzene rings is 1. The van der Waals surface area contributed by atoms with Crippen LogP contribution in [-0.2, 0) is 4.79 Å². The number of nitrogens with one attached hydrogen (secondary N) is 3. The Balaban J connectivity index is 1.87. The van der Waals surface area contributed by atoms with E-state index in [9.17, 15) is 14.4 Å². The van der Waals surface area contributed by atoms with Gasteiger partial charge in [0.2, 0.25) is 5.91 Å². The van der Waals surface area contributed by atoms with Crippen LogP contribution in [0.15, 0.2) is 54.4 Å². The second-order valence-corrected chi connectivity index (χ2v) is 6.02. The Morgan fingerprint density at radius 1 is 1.04 bits per heavy atom. The average molecular weight is 357 g/mol. The van der Waals surface area contributed by atoms with Crippen molar-refractivity contribution in [2.75, 3.05) is 18.4 Å². The lowest BCUT2D eigenvalue weighted by Gasteiger charge is -2.11. The van der Waals surface area contributed by atoms with E-state index in [1.807, 2.05) is 5.38 Å². The van der Waals surface area contributed by atoms with Gasteiger partial charge in [0.15, 0.2) is 0 Å². The van der Waals surface area contributed by atoms with Gasteiger partial charge < -0.3 is 16.0 Å². The smallest absolute Gasteiger partial charge is 0.261 e. The molecule has 130 valence electrons. The Bertz CT molecular complexity index is 757. The van der Waals surface area contributed by atoms with E-state index in [1.165, 1.54) is 11.3 Å². The third-order valence-electron chi connectivity index (χ3n) is 3.24. The first kappa shape index (κ1) is 18.4.